The Kier molecular flexibility index (Phi) is 5.22. The zero-order chi connectivity index (χ0) is 14.6. The van der Waals surface area contributed by atoms with Crippen LogP contribution in [-0.4, -0.2) is 30.6 Å². The van der Waals surface area contributed by atoms with E-state index in [1.165, 1.54) is 24.9 Å². The first kappa shape index (κ1) is 15.5. The zero-order valence-electron chi connectivity index (χ0n) is 13.5. The van der Waals surface area contributed by atoms with E-state index in [0.717, 1.165) is 13.1 Å². The summed E-state index contributed by atoms with van der Waals surface area (Å²) in [4.78, 5) is 2.69. The smallest absolute Gasteiger partial charge is 0.0346 e. The summed E-state index contributed by atoms with van der Waals surface area (Å²) in [5.74, 6) is 0. The largest absolute Gasteiger partial charge is 0.312 e. The predicted octanol–water partition coefficient (Wildman–Crippen LogP) is 3.85. The molecule has 112 valence electrons. The van der Waals surface area contributed by atoms with Crippen molar-refractivity contribution in [3.8, 4) is 0 Å². The van der Waals surface area contributed by atoms with Gasteiger partial charge in [-0.3, -0.25) is 4.90 Å². The summed E-state index contributed by atoms with van der Waals surface area (Å²) in [6.07, 6.45) is 2.43. The molecule has 0 spiro atoms. The van der Waals surface area contributed by atoms with Gasteiger partial charge in [-0.15, -0.1) is 0 Å². The molecule has 1 aromatic carbocycles. The maximum atomic E-state index is 3.74. The van der Waals surface area contributed by atoms with Gasteiger partial charge in [0.15, 0.2) is 0 Å². The van der Waals surface area contributed by atoms with Gasteiger partial charge in [0.05, 0.1) is 0 Å². The first-order valence-electron chi connectivity index (χ1n) is 8.04. The van der Waals surface area contributed by atoms with E-state index in [9.17, 15) is 0 Å². The van der Waals surface area contributed by atoms with E-state index in [1.54, 1.807) is 0 Å². The Morgan fingerprint density at radius 2 is 1.95 bits per heavy atom. The van der Waals surface area contributed by atoms with Crippen molar-refractivity contribution >= 4 is 0 Å². The van der Waals surface area contributed by atoms with Crippen LogP contribution in [0.25, 0.3) is 0 Å². The molecule has 2 nitrogen and oxygen atoms in total. The van der Waals surface area contributed by atoms with Gasteiger partial charge in [0, 0.05) is 25.2 Å². The lowest BCUT2D eigenvalue weighted by atomic mass is 9.86. The lowest BCUT2D eigenvalue weighted by molar-refractivity contribution is 0.150. The fourth-order valence-corrected chi connectivity index (χ4v) is 3.19. The molecule has 1 heterocycles. The van der Waals surface area contributed by atoms with Crippen molar-refractivity contribution in [3.05, 3.63) is 35.9 Å². The second-order valence-corrected chi connectivity index (χ2v) is 7.06. The Hall–Kier alpha value is -0.860. The van der Waals surface area contributed by atoms with Gasteiger partial charge in [0.2, 0.25) is 0 Å². The minimum atomic E-state index is 0.317. The van der Waals surface area contributed by atoms with Crippen LogP contribution in [0.1, 0.15) is 52.1 Å². The van der Waals surface area contributed by atoms with Crippen molar-refractivity contribution in [1.82, 2.24) is 10.2 Å². The number of rotatable bonds is 3. The van der Waals surface area contributed by atoms with Gasteiger partial charge < -0.3 is 5.32 Å². The molecule has 1 aliphatic heterocycles. The SMILES string of the molecule is CCC(c1ccccc1)N1CCCNC(C(C)(C)C)C1. The summed E-state index contributed by atoms with van der Waals surface area (Å²) >= 11 is 0. The normalized spacial score (nSPS) is 23.3. The summed E-state index contributed by atoms with van der Waals surface area (Å²) in [5.41, 5.74) is 1.78. The minimum absolute atomic E-state index is 0.317. The molecule has 0 bridgehead atoms. The third-order valence-electron chi connectivity index (χ3n) is 4.49. The van der Waals surface area contributed by atoms with Crippen LogP contribution < -0.4 is 5.32 Å². The molecule has 1 fully saturated rings. The van der Waals surface area contributed by atoms with Gasteiger partial charge in [-0.1, -0.05) is 58.0 Å². The van der Waals surface area contributed by atoms with E-state index in [-0.39, 0.29) is 0 Å². The van der Waals surface area contributed by atoms with Gasteiger partial charge in [-0.2, -0.15) is 0 Å². The van der Waals surface area contributed by atoms with Crippen molar-refractivity contribution in [1.29, 1.82) is 0 Å². The third-order valence-corrected chi connectivity index (χ3v) is 4.49. The molecule has 0 aliphatic carbocycles. The molecular formula is C18H30N2. The molecule has 0 amide bonds. The van der Waals surface area contributed by atoms with E-state index in [1.807, 2.05) is 0 Å². The van der Waals surface area contributed by atoms with Crippen LogP contribution in [0.3, 0.4) is 0 Å². The number of hydrogen-bond donors (Lipinski definition) is 1. The predicted molar refractivity (Wildman–Crippen MR) is 86.9 cm³/mol. The quantitative estimate of drug-likeness (QED) is 0.900. The fraction of sp³-hybridized carbons (Fsp3) is 0.667. The van der Waals surface area contributed by atoms with Crippen molar-refractivity contribution in [2.24, 2.45) is 5.41 Å². The molecule has 1 saturated heterocycles. The summed E-state index contributed by atoms with van der Waals surface area (Å²) < 4.78 is 0. The highest BCUT2D eigenvalue weighted by Crippen LogP contribution is 2.29. The average Bonchev–Trinajstić information content (AvgIpc) is 2.67. The van der Waals surface area contributed by atoms with Crippen LogP contribution in [0.15, 0.2) is 30.3 Å². The van der Waals surface area contributed by atoms with Crippen LogP contribution >= 0.6 is 0 Å². The van der Waals surface area contributed by atoms with Crippen molar-refractivity contribution in [2.45, 2.75) is 52.6 Å². The van der Waals surface area contributed by atoms with E-state index in [4.69, 9.17) is 0 Å². The lowest BCUT2D eigenvalue weighted by Gasteiger charge is -2.37. The van der Waals surface area contributed by atoms with Crippen molar-refractivity contribution in [3.63, 3.8) is 0 Å². The van der Waals surface area contributed by atoms with Gasteiger partial charge in [-0.25, -0.2) is 0 Å². The Morgan fingerprint density at radius 3 is 2.55 bits per heavy atom. The maximum Gasteiger partial charge on any atom is 0.0346 e. The fourth-order valence-electron chi connectivity index (χ4n) is 3.19. The van der Waals surface area contributed by atoms with Crippen LogP contribution in [0.5, 0.6) is 0 Å². The summed E-state index contributed by atoms with van der Waals surface area (Å²) in [7, 11) is 0. The number of hydrogen-bond acceptors (Lipinski definition) is 2. The summed E-state index contributed by atoms with van der Waals surface area (Å²) in [6.45, 7) is 12.8. The maximum absolute atomic E-state index is 3.74. The molecular weight excluding hydrogens is 244 g/mol. The molecule has 0 radical (unpaired) electrons. The first-order chi connectivity index (χ1) is 9.52. The molecule has 1 aliphatic rings. The standard InChI is InChI=1S/C18H30N2/c1-5-16(15-10-7-6-8-11-15)20-13-9-12-19-17(14-20)18(2,3)4/h6-8,10-11,16-17,19H,5,9,12-14H2,1-4H3. The Labute approximate surface area is 124 Å². The van der Waals surface area contributed by atoms with Gasteiger partial charge >= 0.3 is 0 Å². The topological polar surface area (TPSA) is 15.3 Å². The van der Waals surface area contributed by atoms with Gasteiger partial charge in [0.25, 0.3) is 0 Å². The van der Waals surface area contributed by atoms with Crippen LogP contribution in [0, 0.1) is 5.41 Å². The minimum Gasteiger partial charge on any atom is -0.312 e. The van der Waals surface area contributed by atoms with E-state index in [0.29, 0.717) is 17.5 Å². The molecule has 0 aromatic heterocycles. The van der Waals surface area contributed by atoms with Crippen LogP contribution in [0.4, 0.5) is 0 Å². The Balaban J connectivity index is 2.16. The van der Waals surface area contributed by atoms with Crippen molar-refractivity contribution in [2.75, 3.05) is 19.6 Å². The molecule has 1 aromatic rings. The first-order valence-corrected chi connectivity index (χ1v) is 8.04. The number of nitrogens with zero attached hydrogens (tertiary/aromatic N) is 1. The van der Waals surface area contributed by atoms with Gasteiger partial charge in [0.1, 0.15) is 0 Å². The second kappa shape index (κ2) is 6.73. The van der Waals surface area contributed by atoms with Crippen LogP contribution in [-0.2, 0) is 0 Å². The third kappa shape index (κ3) is 3.83. The van der Waals surface area contributed by atoms with Crippen molar-refractivity contribution < 1.29 is 0 Å². The lowest BCUT2D eigenvalue weighted by Crippen LogP contribution is -2.47. The monoisotopic (exact) mass is 274 g/mol. The van der Waals surface area contributed by atoms with E-state index in [2.05, 4.69) is 68.2 Å². The average molecular weight is 274 g/mol. The molecule has 2 heteroatoms. The summed E-state index contributed by atoms with van der Waals surface area (Å²) in [5, 5.41) is 3.74. The molecule has 2 atom stereocenters. The molecule has 20 heavy (non-hydrogen) atoms. The van der Waals surface area contributed by atoms with Gasteiger partial charge in [-0.05, 0) is 30.4 Å². The zero-order valence-corrected chi connectivity index (χ0v) is 13.5. The number of benzene rings is 1. The van der Waals surface area contributed by atoms with E-state index < -0.39 is 0 Å². The Bertz CT molecular complexity index is 394. The van der Waals surface area contributed by atoms with E-state index >= 15 is 0 Å². The number of nitrogens with one attached hydrogen (secondary N) is 1. The van der Waals surface area contributed by atoms with Crippen LogP contribution in [0.2, 0.25) is 0 Å². The second-order valence-electron chi connectivity index (χ2n) is 7.06. The molecule has 1 N–H and O–H groups in total. The Morgan fingerprint density at radius 1 is 1.25 bits per heavy atom. The molecule has 2 rings (SSSR count). The summed E-state index contributed by atoms with van der Waals surface area (Å²) in [6, 6.07) is 12.1. The highest BCUT2D eigenvalue weighted by atomic mass is 15.2. The molecule has 0 saturated carbocycles. The molecule has 2 unspecified atom stereocenters. The highest BCUT2D eigenvalue weighted by molar-refractivity contribution is 5.19. The highest BCUT2D eigenvalue weighted by Gasteiger charge is 2.30.